The summed E-state index contributed by atoms with van der Waals surface area (Å²) < 4.78 is 5.20. The number of methoxy groups -OCH3 is 1. The molecular formula is C28H21N3O6. The number of imide groups is 1. The zero-order valence-corrected chi connectivity index (χ0v) is 19.7. The summed E-state index contributed by atoms with van der Waals surface area (Å²) in [6, 6.07) is 18.2. The van der Waals surface area contributed by atoms with Crippen molar-refractivity contribution in [2.45, 2.75) is 12.1 Å². The number of rotatable bonds is 5. The van der Waals surface area contributed by atoms with Crippen LogP contribution >= 0.6 is 0 Å². The number of hydrogen-bond acceptors (Lipinski definition) is 7. The topological polar surface area (TPSA) is 110 Å². The number of benzene rings is 3. The van der Waals surface area contributed by atoms with E-state index in [1.165, 1.54) is 31.4 Å². The Balaban J connectivity index is 1.47. The predicted octanol–water partition coefficient (Wildman–Crippen LogP) is 4.00. The lowest BCUT2D eigenvalue weighted by Gasteiger charge is -2.35. The van der Waals surface area contributed by atoms with Crippen LogP contribution in [0.15, 0.2) is 79.0 Å². The summed E-state index contributed by atoms with van der Waals surface area (Å²) in [4.78, 5) is 55.3. The molecule has 37 heavy (non-hydrogen) atoms. The molecule has 3 aromatic rings. The van der Waals surface area contributed by atoms with Gasteiger partial charge in [0, 0.05) is 23.9 Å². The van der Waals surface area contributed by atoms with Crippen LogP contribution in [-0.2, 0) is 9.59 Å². The standard InChI is InChI=1S/C28H21N3O6/c1-37-20-11-9-17(10-12-20)26(32)25-23-22(24-21-8-3-2-5-16(21)13-14-29(24)25)27(33)30(28(23)34)18-6-4-7-19(15-18)31(35)36/h2-15,22-25H,1H3/t22-,23-,24+,25+/m1/s1. The fourth-order valence-corrected chi connectivity index (χ4v) is 5.78. The molecule has 3 aliphatic heterocycles. The van der Waals surface area contributed by atoms with Crippen molar-refractivity contribution in [1.82, 2.24) is 4.90 Å². The van der Waals surface area contributed by atoms with E-state index < -0.39 is 40.7 Å². The van der Waals surface area contributed by atoms with Crippen molar-refractivity contribution in [2.24, 2.45) is 11.8 Å². The van der Waals surface area contributed by atoms with Crippen molar-refractivity contribution < 1.29 is 24.0 Å². The van der Waals surface area contributed by atoms with Crippen LogP contribution in [0.1, 0.15) is 27.5 Å². The molecule has 0 bridgehead atoms. The van der Waals surface area contributed by atoms with Crippen LogP contribution in [0, 0.1) is 22.0 Å². The number of nitro benzene ring substituents is 1. The van der Waals surface area contributed by atoms with E-state index in [0.29, 0.717) is 11.3 Å². The average Bonchev–Trinajstić information content (AvgIpc) is 3.40. The minimum absolute atomic E-state index is 0.125. The first-order chi connectivity index (χ1) is 17.9. The fourth-order valence-electron chi connectivity index (χ4n) is 5.78. The lowest BCUT2D eigenvalue weighted by atomic mass is 9.83. The molecule has 0 aromatic heterocycles. The Morgan fingerprint density at radius 2 is 1.68 bits per heavy atom. The van der Waals surface area contributed by atoms with Crippen LogP contribution in [0.3, 0.4) is 0 Å². The number of fused-ring (bicyclic) bond motifs is 5. The number of carbonyl (C=O) groups excluding carboxylic acids is 3. The van der Waals surface area contributed by atoms with Gasteiger partial charge in [-0.3, -0.25) is 24.5 Å². The molecule has 0 N–H and O–H groups in total. The molecule has 9 heteroatoms. The van der Waals surface area contributed by atoms with E-state index in [2.05, 4.69) is 0 Å². The molecule has 0 spiro atoms. The van der Waals surface area contributed by atoms with Crippen molar-refractivity contribution >= 4 is 35.0 Å². The normalized spacial score (nSPS) is 23.5. The van der Waals surface area contributed by atoms with E-state index in [4.69, 9.17) is 4.74 Å². The number of nitrogens with zero attached hydrogens (tertiary/aromatic N) is 3. The quantitative estimate of drug-likeness (QED) is 0.228. The van der Waals surface area contributed by atoms with Crippen molar-refractivity contribution in [1.29, 1.82) is 0 Å². The van der Waals surface area contributed by atoms with Crippen LogP contribution in [0.25, 0.3) is 6.08 Å². The third-order valence-corrected chi connectivity index (χ3v) is 7.40. The Labute approximate surface area is 211 Å². The summed E-state index contributed by atoms with van der Waals surface area (Å²) in [5, 5.41) is 11.3. The Kier molecular flexibility index (Phi) is 5.15. The highest BCUT2D eigenvalue weighted by molar-refractivity contribution is 6.24. The first-order valence-electron chi connectivity index (χ1n) is 11.8. The van der Waals surface area contributed by atoms with Crippen molar-refractivity contribution in [3.8, 4) is 5.75 Å². The average molecular weight is 495 g/mol. The summed E-state index contributed by atoms with van der Waals surface area (Å²) in [6.45, 7) is 0. The summed E-state index contributed by atoms with van der Waals surface area (Å²) >= 11 is 0. The monoisotopic (exact) mass is 495 g/mol. The molecule has 0 unspecified atom stereocenters. The SMILES string of the molecule is COc1ccc(C(=O)[C@@H]2[C@@H]3C(=O)N(c4cccc([N+](=O)[O-])c4)C(=O)[C@H]3[C@@H]3c4ccccc4C=CN23)cc1. The molecule has 0 radical (unpaired) electrons. The molecule has 3 heterocycles. The summed E-state index contributed by atoms with van der Waals surface area (Å²) in [5.41, 5.74) is 2.06. The maximum atomic E-state index is 13.9. The Hall–Kier alpha value is -4.79. The largest absolute Gasteiger partial charge is 0.497 e. The molecule has 4 atom stereocenters. The number of anilines is 1. The highest BCUT2D eigenvalue weighted by atomic mass is 16.6. The van der Waals surface area contributed by atoms with Crippen LogP contribution in [0.4, 0.5) is 11.4 Å². The second kappa shape index (κ2) is 8.41. The van der Waals surface area contributed by atoms with Gasteiger partial charge in [0.25, 0.3) is 5.69 Å². The maximum Gasteiger partial charge on any atom is 0.271 e. The van der Waals surface area contributed by atoms with Crippen molar-refractivity contribution in [3.05, 3.63) is 106 Å². The van der Waals surface area contributed by atoms with Gasteiger partial charge in [0.05, 0.1) is 35.6 Å². The summed E-state index contributed by atoms with van der Waals surface area (Å²) in [6.07, 6.45) is 3.67. The van der Waals surface area contributed by atoms with Crippen LogP contribution in [0.5, 0.6) is 5.75 Å². The Morgan fingerprint density at radius 3 is 2.41 bits per heavy atom. The molecule has 184 valence electrons. The van der Waals surface area contributed by atoms with E-state index >= 15 is 0 Å². The minimum atomic E-state index is -0.956. The maximum absolute atomic E-state index is 13.9. The number of amides is 2. The number of Topliss-reactive ketones (excluding diaryl/α,β-unsaturated/α-hetero) is 1. The smallest absolute Gasteiger partial charge is 0.271 e. The summed E-state index contributed by atoms with van der Waals surface area (Å²) in [5.74, 6) is -2.49. The van der Waals surface area contributed by atoms with Crippen LogP contribution in [0.2, 0.25) is 0 Å². The first kappa shape index (κ1) is 22.7. The highest BCUT2D eigenvalue weighted by Gasteiger charge is 2.64. The second-order valence-electron chi connectivity index (χ2n) is 9.21. The zero-order valence-electron chi connectivity index (χ0n) is 19.7. The Bertz CT molecular complexity index is 1500. The van der Waals surface area contributed by atoms with Gasteiger partial charge < -0.3 is 9.64 Å². The minimum Gasteiger partial charge on any atom is -0.497 e. The predicted molar refractivity (Wildman–Crippen MR) is 134 cm³/mol. The van der Waals surface area contributed by atoms with E-state index in [1.54, 1.807) is 30.5 Å². The van der Waals surface area contributed by atoms with Gasteiger partial charge in [-0.15, -0.1) is 0 Å². The van der Waals surface area contributed by atoms with E-state index in [0.717, 1.165) is 16.0 Å². The fraction of sp³-hybridized carbons (Fsp3) is 0.179. The van der Waals surface area contributed by atoms with Gasteiger partial charge >= 0.3 is 0 Å². The molecule has 0 aliphatic carbocycles. The number of carbonyl (C=O) groups is 3. The number of hydrogen-bond donors (Lipinski definition) is 0. The third-order valence-electron chi connectivity index (χ3n) is 7.40. The molecule has 9 nitrogen and oxygen atoms in total. The van der Waals surface area contributed by atoms with Crippen molar-refractivity contribution in [2.75, 3.05) is 12.0 Å². The zero-order chi connectivity index (χ0) is 25.8. The first-order valence-corrected chi connectivity index (χ1v) is 11.8. The molecular weight excluding hydrogens is 474 g/mol. The number of nitro groups is 1. The van der Waals surface area contributed by atoms with Gasteiger partial charge in [-0.1, -0.05) is 30.3 Å². The molecule has 0 saturated carbocycles. The molecule has 2 amide bonds. The second-order valence-corrected chi connectivity index (χ2v) is 9.21. The van der Waals surface area contributed by atoms with Gasteiger partial charge in [-0.2, -0.15) is 0 Å². The lowest BCUT2D eigenvalue weighted by Crippen LogP contribution is -2.44. The number of non-ortho nitro benzene ring substituents is 1. The summed E-state index contributed by atoms with van der Waals surface area (Å²) in [7, 11) is 1.53. The van der Waals surface area contributed by atoms with Gasteiger partial charge in [0.1, 0.15) is 11.8 Å². The lowest BCUT2D eigenvalue weighted by molar-refractivity contribution is -0.384. The van der Waals surface area contributed by atoms with Gasteiger partial charge in [0.15, 0.2) is 5.78 Å². The molecule has 3 aromatic carbocycles. The molecule has 6 rings (SSSR count). The molecule has 3 aliphatic rings. The van der Waals surface area contributed by atoms with E-state index in [-0.39, 0.29) is 17.2 Å². The third kappa shape index (κ3) is 3.35. The molecule has 2 saturated heterocycles. The number of ketones is 1. The van der Waals surface area contributed by atoms with Gasteiger partial charge in [0.2, 0.25) is 11.8 Å². The van der Waals surface area contributed by atoms with Gasteiger partial charge in [-0.25, -0.2) is 4.90 Å². The van der Waals surface area contributed by atoms with E-state index in [9.17, 15) is 24.5 Å². The highest BCUT2D eigenvalue weighted by Crippen LogP contribution is 2.53. The van der Waals surface area contributed by atoms with Gasteiger partial charge in [-0.05, 0) is 47.5 Å². The van der Waals surface area contributed by atoms with Crippen LogP contribution in [-0.4, -0.2) is 40.6 Å². The van der Waals surface area contributed by atoms with Crippen LogP contribution < -0.4 is 9.64 Å². The van der Waals surface area contributed by atoms with Crippen molar-refractivity contribution in [3.63, 3.8) is 0 Å². The molecule has 2 fully saturated rings. The number of ether oxygens (including phenoxy) is 1. The van der Waals surface area contributed by atoms with E-state index in [1.807, 2.05) is 35.2 Å². The Morgan fingerprint density at radius 1 is 0.946 bits per heavy atom.